The van der Waals surface area contributed by atoms with Crippen LogP contribution >= 0.6 is 7.82 Å². The number of aliphatic hydroxyl groups is 1. The van der Waals surface area contributed by atoms with Crippen LogP contribution in [0.4, 0.5) is 0 Å². The first kappa shape index (κ1) is 75.1. The molecule has 0 saturated carbocycles. The van der Waals surface area contributed by atoms with Gasteiger partial charge in [-0.25, -0.2) is 4.57 Å². The summed E-state index contributed by atoms with van der Waals surface area (Å²) in [5.74, 6) is -1.60. The Bertz CT molecular complexity index is 1950. The summed E-state index contributed by atoms with van der Waals surface area (Å²) in [7, 11) is -4.79. The highest BCUT2D eigenvalue weighted by molar-refractivity contribution is 7.47. The molecule has 0 radical (unpaired) electrons. The maximum atomic E-state index is 12.9. The molecule has 0 spiro atoms. The summed E-state index contributed by atoms with van der Waals surface area (Å²) in [6.45, 7) is 4.18. The number of aliphatic hydroxyl groups excluding tert-OH is 1. The standard InChI is InChI=1S/C68H107O11P/c1-4-7-10-13-16-19-22-25-28-31-32-35-38-41-44-47-50-53-56-59-68(72)79-65(61-75-66(70)57-54-51-48-45-42-39-36-33-29-26-23-20-17-14-11-8-5-2)63-77-80(73,74)76-62-64(60-69)78-67(71)58-55-52-49-46-43-40-37-34-30-27-24-21-18-15-12-9-6-3/h7-12,16-21,25-30,32,35-37,39-40,45,48,64-65,69H,4-6,13-15,22-24,31,33-34,38,41-44,46-47,49-63H2,1-3H3,(H,73,74)/b10-7-,11-8-,12-9-,19-16-,20-17-,21-18-,28-25-,29-26-,30-27-,35-32-,39-36-,40-37-,48-45-. The van der Waals surface area contributed by atoms with Gasteiger partial charge >= 0.3 is 25.7 Å². The van der Waals surface area contributed by atoms with Gasteiger partial charge in [0.15, 0.2) is 6.10 Å². The minimum Gasteiger partial charge on any atom is -0.462 e. The van der Waals surface area contributed by atoms with Gasteiger partial charge in [-0.2, -0.15) is 0 Å². The van der Waals surface area contributed by atoms with Crippen molar-refractivity contribution in [2.24, 2.45) is 0 Å². The second-order valence-corrected chi connectivity index (χ2v) is 20.8. The van der Waals surface area contributed by atoms with E-state index in [2.05, 4.69) is 173 Å². The second kappa shape index (κ2) is 60.2. The number of unbranched alkanes of at least 4 members (excludes halogenated alkanes) is 11. The van der Waals surface area contributed by atoms with Crippen molar-refractivity contribution < 1.29 is 52.2 Å². The van der Waals surface area contributed by atoms with Gasteiger partial charge in [0.2, 0.25) is 0 Å². The summed E-state index contributed by atoms with van der Waals surface area (Å²) < 4.78 is 39.5. The van der Waals surface area contributed by atoms with E-state index in [9.17, 15) is 28.9 Å². The molecule has 0 aliphatic rings. The van der Waals surface area contributed by atoms with Crippen LogP contribution in [0.3, 0.4) is 0 Å². The van der Waals surface area contributed by atoms with Gasteiger partial charge in [-0.3, -0.25) is 23.4 Å². The Labute approximate surface area is 485 Å². The smallest absolute Gasteiger partial charge is 0.462 e. The SMILES string of the molecule is CC/C=C\C/C=C\C/C=C\C/C=C\C/C=C\CCCC(=O)OCC(COP(=O)(O)OCC(CO)OC(=O)CCCCCC/C=C\C/C=C\C/C=C\C/C=C\CC)OC(=O)CCCCCCCC/C=C\C/C=C\C/C=C\C/C=C\CC. The molecule has 0 rings (SSSR count). The van der Waals surface area contributed by atoms with Gasteiger partial charge in [0.05, 0.1) is 19.8 Å². The van der Waals surface area contributed by atoms with Gasteiger partial charge in [-0.05, 0) is 135 Å². The predicted molar refractivity (Wildman–Crippen MR) is 334 cm³/mol. The second-order valence-electron chi connectivity index (χ2n) is 19.4. The van der Waals surface area contributed by atoms with Gasteiger partial charge < -0.3 is 24.2 Å². The molecule has 0 heterocycles. The number of rotatable bonds is 54. The van der Waals surface area contributed by atoms with E-state index < -0.39 is 57.8 Å². The number of carbonyl (C=O) groups is 3. The number of hydrogen-bond donors (Lipinski definition) is 2. The lowest BCUT2D eigenvalue weighted by Crippen LogP contribution is -2.30. The molecule has 0 bridgehead atoms. The van der Waals surface area contributed by atoms with Crippen LogP contribution < -0.4 is 0 Å². The quantitative estimate of drug-likeness (QED) is 0.0197. The first-order valence-electron chi connectivity index (χ1n) is 30.4. The van der Waals surface area contributed by atoms with Crippen molar-refractivity contribution in [2.45, 2.75) is 226 Å². The van der Waals surface area contributed by atoms with E-state index in [0.29, 0.717) is 25.7 Å². The minimum absolute atomic E-state index is 0.127. The van der Waals surface area contributed by atoms with Crippen LogP contribution in [0.15, 0.2) is 158 Å². The lowest BCUT2D eigenvalue weighted by molar-refractivity contribution is -0.161. The normalized spacial score (nSPS) is 14.4. The van der Waals surface area contributed by atoms with Crippen LogP contribution in [-0.4, -0.2) is 66.5 Å². The molecule has 11 nitrogen and oxygen atoms in total. The van der Waals surface area contributed by atoms with E-state index >= 15 is 0 Å². The number of allylic oxidation sites excluding steroid dienone is 26. The molecule has 0 aromatic heterocycles. The van der Waals surface area contributed by atoms with Gasteiger partial charge in [0.1, 0.15) is 12.7 Å². The molecule has 0 amide bonds. The summed E-state index contributed by atoms with van der Waals surface area (Å²) in [5, 5.41) is 9.84. The Hall–Kier alpha value is -4.90. The van der Waals surface area contributed by atoms with Crippen molar-refractivity contribution in [3.05, 3.63) is 158 Å². The van der Waals surface area contributed by atoms with Crippen LogP contribution in [0.1, 0.15) is 213 Å². The van der Waals surface area contributed by atoms with Crippen LogP contribution in [0.2, 0.25) is 0 Å². The zero-order chi connectivity index (χ0) is 58.3. The molecule has 0 saturated heterocycles. The van der Waals surface area contributed by atoms with Gasteiger partial charge in [0.25, 0.3) is 0 Å². The number of hydrogen-bond acceptors (Lipinski definition) is 10. The molecule has 450 valence electrons. The third-order valence-corrected chi connectivity index (χ3v) is 12.9. The van der Waals surface area contributed by atoms with E-state index in [1.54, 1.807) is 0 Å². The zero-order valence-electron chi connectivity index (χ0n) is 49.7. The number of ether oxygens (including phenoxy) is 3. The lowest BCUT2D eigenvalue weighted by Gasteiger charge is -2.21. The molecule has 0 fully saturated rings. The minimum atomic E-state index is -4.79. The lowest BCUT2D eigenvalue weighted by atomic mass is 10.1. The monoisotopic (exact) mass is 1130 g/mol. The number of carbonyl (C=O) groups excluding carboxylic acids is 3. The van der Waals surface area contributed by atoms with E-state index in [0.717, 1.165) is 148 Å². The van der Waals surface area contributed by atoms with E-state index in [4.69, 9.17) is 23.3 Å². The Balaban J connectivity index is 4.87. The zero-order valence-corrected chi connectivity index (χ0v) is 50.6. The highest BCUT2D eigenvalue weighted by atomic mass is 31.2. The molecular weight excluding hydrogens is 1020 g/mol. The summed E-state index contributed by atoms with van der Waals surface area (Å²) >= 11 is 0. The Kier molecular flexibility index (Phi) is 56.5. The maximum Gasteiger partial charge on any atom is 0.472 e. The van der Waals surface area contributed by atoms with Crippen molar-refractivity contribution in [3.63, 3.8) is 0 Å². The number of esters is 3. The molecule has 3 atom stereocenters. The number of phosphoric ester groups is 1. The van der Waals surface area contributed by atoms with Crippen molar-refractivity contribution in [3.8, 4) is 0 Å². The van der Waals surface area contributed by atoms with E-state index in [1.165, 1.54) is 0 Å². The van der Waals surface area contributed by atoms with Crippen LogP contribution in [0.5, 0.6) is 0 Å². The fourth-order valence-electron chi connectivity index (χ4n) is 7.43. The van der Waals surface area contributed by atoms with Gasteiger partial charge in [-0.1, -0.05) is 217 Å². The third kappa shape index (κ3) is 57.8. The maximum absolute atomic E-state index is 12.9. The van der Waals surface area contributed by atoms with Crippen molar-refractivity contribution in [1.29, 1.82) is 0 Å². The first-order chi connectivity index (χ1) is 39.2. The van der Waals surface area contributed by atoms with Crippen molar-refractivity contribution in [1.82, 2.24) is 0 Å². The number of phosphoric acid groups is 1. The highest BCUT2D eigenvalue weighted by Gasteiger charge is 2.28. The molecule has 0 aromatic rings. The van der Waals surface area contributed by atoms with Crippen molar-refractivity contribution in [2.75, 3.05) is 26.4 Å². The molecule has 2 N–H and O–H groups in total. The summed E-state index contributed by atoms with van der Waals surface area (Å²) in [6, 6.07) is 0. The predicted octanol–water partition coefficient (Wildman–Crippen LogP) is 18.5. The average molecular weight is 1130 g/mol. The van der Waals surface area contributed by atoms with Crippen molar-refractivity contribution >= 4 is 25.7 Å². The Morgan fingerprint density at radius 2 is 0.625 bits per heavy atom. The largest absolute Gasteiger partial charge is 0.472 e. The topological polar surface area (TPSA) is 155 Å². The van der Waals surface area contributed by atoms with Gasteiger partial charge in [0, 0.05) is 19.3 Å². The van der Waals surface area contributed by atoms with E-state index in [-0.39, 0.29) is 25.9 Å². The average Bonchev–Trinajstić information content (AvgIpc) is 3.45. The van der Waals surface area contributed by atoms with E-state index in [1.807, 2.05) is 6.08 Å². The molecular formula is C68H107O11P. The molecule has 0 aliphatic heterocycles. The molecule has 3 unspecified atom stereocenters. The van der Waals surface area contributed by atoms with Crippen LogP contribution in [0.25, 0.3) is 0 Å². The molecule has 12 heteroatoms. The summed E-state index contributed by atoms with van der Waals surface area (Å²) in [4.78, 5) is 48.7. The first-order valence-corrected chi connectivity index (χ1v) is 31.9. The Morgan fingerprint density at radius 3 is 0.975 bits per heavy atom. The molecule has 80 heavy (non-hydrogen) atoms. The third-order valence-electron chi connectivity index (χ3n) is 11.9. The molecule has 0 aromatic carbocycles. The fraction of sp³-hybridized carbons (Fsp3) is 0.574. The van der Waals surface area contributed by atoms with Gasteiger partial charge in [-0.15, -0.1) is 0 Å². The Morgan fingerprint density at radius 1 is 0.350 bits per heavy atom. The molecule has 0 aliphatic carbocycles. The summed E-state index contributed by atoms with van der Waals surface area (Å²) in [6.07, 6.45) is 79.1. The van der Waals surface area contributed by atoms with Crippen LogP contribution in [-0.2, 0) is 42.2 Å². The fourth-order valence-corrected chi connectivity index (χ4v) is 8.22. The summed E-state index contributed by atoms with van der Waals surface area (Å²) in [5.41, 5.74) is 0. The van der Waals surface area contributed by atoms with Crippen LogP contribution in [0, 0.1) is 0 Å². The highest BCUT2D eigenvalue weighted by Crippen LogP contribution is 2.43.